The summed E-state index contributed by atoms with van der Waals surface area (Å²) in [6.45, 7) is 9.08. The molecule has 0 saturated heterocycles. The van der Waals surface area contributed by atoms with E-state index in [-0.39, 0.29) is 64.4 Å². The summed E-state index contributed by atoms with van der Waals surface area (Å²) in [5.41, 5.74) is 8.50. The molecule has 0 nitrogen and oxygen atoms in total. The first-order valence-corrected chi connectivity index (χ1v) is 9.46. The van der Waals surface area contributed by atoms with E-state index in [2.05, 4.69) is 94.4 Å². The van der Waals surface area contributed by atoms with Crippen LogP contribution in [0.3, 0.4) is 0 Å². The fourth-order valence-corrected chi connectivity index (χ4v) is 4.16. The zero-order chi connectivity index (χ0) is 17.9. The summed E-state index contributed by atoms with van der Waals surface area (Å²) in [6, 6.07) is 24.6. The van der Waals surface area contributed by atoms with Gasteiger partial charge in [-0.2, -0.15) is 28.3 Å². The van der Waals surface area contributed by atoms with Crippen molar-refractivity contribution in [1.82, 2.24) is 0 Å². The molecule has 0 saturated carbocycles. The van der Waals surface area contributed by atoms with E-state index in [4.69, 9.17) is 0 Å². The molecule has 0 aliphatic carbocycles. The van der Waals surface area contributed by atoms with Gasteiger partial charge in [0.2, 0.25) is 0 Å². The van der Waals surface area contributed by atoms with E-state index in [0.717, 1.165) is 6.42 Å². The summed E-state index contributed by atoms with van der Waals surface area (Å²) in [4.78, 5) is 0. The summed E-state index contributed by atoms with van der Waals surface area (Å²) in [5, 5.41) is 0. The molecule has 0 fully saturated rings. The Kier molecular flexibility index (Phi) is 14.4. The first-order valence-electron chi connectivity index (χ1n) is 9.46. The molecule has 4 heteroatoms. The van der Waals surface area contributed by atoms with Crippen molar-refractivity contribution in [2.24, 2.45) is 0 Å². The quantitative estimate of drug-likeness (QED) is 0.278. The molecule has 0 aliphatic rings. The van der Waals surface area contributed by atoms with Crippen molar-refractivity contribution in [3.05, 3.63) is 100 Å². The molecule has 3 aromatic rings. The number of hydrogen-bond donors (Lipinski definition) is 0. The van der Waals surface area contributed by atoms with Gasteiger partial charge in [0.05, 0.1) is 0 Å². The molecule has 0 spiro atoms. The molecule has 154 valence electrons. The number of hydrogen-bond acceptors (Lipinski definition) is 0. The number of rotatable bonds is 6. The monoisotopic (exact) mass is 482 g/mol. The molecule has 0 unspecified atom stereocenters. The Morgan fingerprint density at radius 1 is 0.724 bits per heavy atom. The molecule has 0 bridgehead atoms. The second kappa shape index (κ2) is 13.6. The van der Waals surface area contributed by atoms with E-state index in [1.807, 2.05) is 0 Å². The van der Waals surface area contributed by atoms with Gasteiger partial charge in [-0.3, -0.25) is 0 Å². The Balaban J connectivity index is 0. The molecule has 0 radical (unpaired) electrons. The van der Waals surface area contributed by atoms with Crippen LogP contribution in [-0.2, 0) is 27.1 Å². The zero-order valence-electron chi connectivity index (χ0n) is 17.6. The van der Waals surface area contributed by atoms with Gasteiger partial charge in [0, 0.05) is 5.41 Å². The van der Waals surface area contributed by atoms with E-state index in [1.165, 1.54) is 46.2 Å². The first-order chi connectivity index (χ1) is 12.1. The van der Waals surface area contributed by atoms with Gasteiger partial charge < -0.3 is 37.2 Å². The second-order valence-electron chi connectivity index (χ2n) is 7.23. The fraction of sp³-hybridized carbons (Fsp3) is 0.320. The van der Waals surface area contributed by atoms with Crippen molar-refractivity contribution in [2.45, 2.75) is 52.4 Å². The molecule has 0 amide bonds. The molecular weight excluding hydrogens is 455 g/mol. The summed E-state index contributed by atoms with van der Waals surface area (Å²) >= 11 is 0. The van der Waals surface area contributed by atoms with Gasteiger partial charge in [0.1, 0.15) is 0 Å². The van der Waals surface area contributed by atoms with Crippen LogP contribution in [0.15, 0.2) is 66.7 Å². The van der Waals surface area contributed by atoms with Crippen molar-refractivity contribution in [2.75, 3.05) is 0 Å². The Hall–Kier alpha value is -0.626. The Labute approximate surface area is 210 Å². The second-order valence-corrected chi connectivity index (χ2v) is 7.23. The average Bonchev–Trinajstić information content (AvgIpc) is 2.92. The van der Waals surface area contributed by atoms with Gasteiger partial charge in [0.25, 0.3) is 0 Å². The maximum Gasteiger partial charge on any atom is 4.00 e. The van der Waals surface area contributed by atoms with Crippen LogP contribution >= 0.6 is 0 Å². The molecule has 0 atom stereocenters. The minimum absolute atomic E-state index is 0. The summed E-state index contributed by atoms with van der Waals surface area (Å²) in [7, 11) is 0. The topological polar surface area (TPSA) is 0 Å². The predicted octanol–water partition coefficient (Wildman–Crippen LogP) is -2.14. The first kappa shape index (κ1) is 30.6. The largest absolute Gasteiger partial charge is 4.00 e. The van der Waals surface area contributed by atoms with E-state index in [0.29, 0.717) is 0 Å². The molecular formula is C25H29Cl3Ti. The maximum atomic E-state index is 2.43. The summed E-state index contributed by atoms with van der Waals surface area (Å²) < 4.78 is 0. The Bertz CT molecular complexity index is 787. The van der Waals surface area contributed by atoms with Gasteiger partial charge >= 0.3 is 21.7 Å². The molecule has 29 heavy (non-hydrogen) atoms. The van der Waals surface area contributed by atoms with Crippen molar-refractivity contribution in [3.63, 3.8) is 0 Å². The van der Waals surface area contributed by atoms with Gasteiger partial charge in [-0.05, 0) is 17.5 Å². The van der Waals surface area contributed by atoms with E-state index >= 15 is 0 Å². The van der Waals surface area contributed by atoms with Crippen LogP contribution in [-0.4, -0.2) is 0 Å². The van der Waals surface area contributed by atoms with Crippen molar-refractivity contribution < 1.29 is 58.9 Å². The van der Waals surface area contributed by atoms with Crippen molar-refractivity contribution in [1.29, 1.82) is 0 Å². The SMILES string of the molecule is CCCCC(c1ccccc1)(c1ccccc1)c1[cH-]c(C)c(C)c1C.[Cl-].[Cl-].[Cl-].[Ti+4]. The average molecular weight is 484 g/mol. The van der Waals surface area contributed by atoms with Gasteiger partial charge in [-0.15, -0.1) is 0 Å². The van der Waals surface area contributed by atoms with Crippen LogP contribution in [0.1, 0.15) is 59.6 Å². The van der Waals surface area contributed by atoms with Gasteiger partial charge in [-0.1, -0.05) is 101 Å². The van der Waals surface area contributed by atoms with Gasteiger partial charge in [-0.25, -0.2) is 0 Å². The van der Waals surface area contributed by atoms with Crippen LogP contribution in [0.25, 0.3) is 0 Å². The van der Waals surface area contributed by atoms with Gasteiger partial charge in [0.15, 0.2) is 0 Å². The van der Waals surface area contributed by atoms with E-state index < -0.39 is 0 Å². The molecule has 0 N–H and O–H groups in total. The molecule has 0 aromatic heterocycles. The standard InChI is InChI=1S/C25H29.3ClH.Ti/c1-5-6-17-25(22-13-9-7-10-14-22,23-15-11-8-12-16-23)24-18-19(2)20(3)21(24)4;;;;/h7-16,18H,5-6,17H2,1-4H3;3*1H;/q-1;;;;+4/p-3. The Morgan fingerprint density at radius 3 is 1.52 bits per heavy atom. The van der Waals surface area contributed by atoms with Crippen LogP contribution < -0.4 is 37.2 Å². The maximum absolute atomic E-state index is 2.43. The molecule has 3 aromatic carbocycles. The summed E-state index contributed by atoms with van der Waals surface area (Å²) in [6.07, 6.45) is 3.56. The summed E-state index contributed by atoms with van der Waals surface area (Å²) in [5.74, 6) is 0. The number of halogens is 3. The van der Waals surface area contributed by atoms with Crippen molar-refractivity contribution >= 4 is 0 Å². The van der Waals surface area contributed by atoms with Crippen LogP contribution in [0.2, 0.25) is 0 Å². The van der Waals surface area contributed by atoms with Crippen molar-refractivity contribution in [3.8, 4) is 0 Å². The third-order valence-corrected chi connectivity index (χ3v) is 5.82. The fourth-order valence-electron chi connectivity index (χ4n) is 4.16. The molecule has 3 rings (SSSR count). The number of benzene rings is 2. The third kappa shape index (κ3) is 5.96. The van der Waals surface area contributed by atoms with Crippen LogP contribution in [0, 0.1) is 20.8 Å². The normalized spacial score (nSPS) is 10.1. The zero-order valence-corrected chi connectivity index (χ0v) is 21.4. The molecule has 0 heterocycles. The van der Waals surface area contributed by atoms with Crippen LogP contribution in [0.5, 0.6) is 0 Å². The van der Waals surface area contributed by atoms with E-state index in [1.54, 1.807) is 0 Å². The molecule has 0 aliphatic heterocycles. The minimum Gasteiger partial charge on any atom is -1.00 e. The minimum atomic E-state index is -0.0678. The Morgan fingerprint density at radius 2 is 1.17 bits per heavy atom. The van der Waals surface area contributed by atoms with Crippen LogP contribution in [0.4, 0.5) is 0 Å². The smallest absolute Gasteiger partial charge is 1.00 e. The third-order valence-electron chi connectivity index (χ3n) is 5.82. The number of aryl methyl sites for hydroxylation is 1. The predicted molar refractivity (Wildman–Crippen MR) is 109 cm³/mol. The number of unbranched alkanes of at least 4 members (excludes halogenated alkanes) is 1. The van der Waals surface area contributed by atoms with E-state index in [9.17, 15) is 0 Å².